The van der Waals surface area contributed by atoms with E-state index in [0.29, 0.717) is 0 Å². The minimum absolute atomic E-state index is 0.131. The first-order valence-corrected chi connectivity index (χ1v) is 6.21. The van der Waals surface area contributed by atoms with Gasteiger partial charge in [-0.1, -0.05) is 12.1 Å². The summed E-state index contributed by atoms with van der Waals surface area (Å²) < 4.78 is 13.0. The van der Waals surface area contributed by atoms with E-state index >= 15 is 0 Å². The molecule has 2 saturated heterocycles. The van der Waals surface area contributed by atoms with E-state index in [2.05, 4.69) is 11.9 Å². The lowest BCUT2D eigenvalue weighted by Gasteiger charge is -2.43. The fourth-order valence-electron chi connectivity index (χ4n) is 3.65. The van der Waals surface area contributed by atoms with Crippen molar-refractivity contribution in [3.8, 4) is 0 Å². The fraction of sp³-hybridized carbons (Fsp3) is 0.571. The van der Waals surface area contributed by atoms with Gasteiger partial charge in [0.25, 0.3) is 0 Å². The van der Waals surface area contributed by atoms with Crippen LogP contribution < -0.4 is 0 Å². The molecule has 86 valence electrons. The molecule has 3 rings (SSSR count). The summed E-state index contributed by atoms with van der Waals surface area (Å²) in [6.07, 6.45) is 6.41. The average Bonchev–Trinajstić information content (AvgIpc) is 2.52. The molecule has 2 aliphatic rings. The maximum Gasteiger partial charge on any atom is 0.123 e. The number of nitrogens with zero attached hydrogens (tertiary/aromatic N) is 1. The number of rotatable bonds is 1. The number of fused-ring (bicyclic) bond motifs is 2. The number of benzene rings is 1. The summed E-state index contributed by atoms with van der Waals surface area (Å²) in [7, 11) is 2.24. The van der Waals surface area contributed by atoms with Gasteiger partial charge in [0.05, 0.1) is 0 Å². The van der Waals surface area contributed by atoms with E-state index in [-0.39, 0.29) is 11.4 Å². The van der Waals surface area contributed by atoms with Gasteiger partial charge in [-0.25, -0.2) is 4.39 Å². The molecule has 0 aliphatic carbocycles. The molecular weight excluding hydrogens is 201 g/mol. The maximum absolute atomic E-state index is 13.0. The molecule has 2 atom stereocenters. The van der Waals surface area contributed by atoms with Crippen LogP contribution in [0.5, 0.6) is 0 Å². The number of piperidine rings is 1. The number of halogens is 1. The standard InChI is InChI=1S/C14H18FN/c1-16-13-3-2-9-14(16,10-8-13)11-4-6-12(15)7-5-11/h4-7,13H,2-3,8-10H2,1H3/t13-,14+/m1/s1. The fourth-order valence-corrected chi connectivity index (χ4v) is 3.65. The summed E-state index contributed by atoms with van der Waals surface area (Å²) >= 11 is 0. The maximum atomic E-state index is 13.0. The normalized spacial score (nSPS) is 34.2. The highest BCUT2D eigenvalue weighted by Crippen LogP contribution is 2.49. The van der Waals surface area contributed by atoms with Crippen LogP contribution in [0.3, 0.4) is 0 Å². The summed E-state index contributed by atoms with van der Waals surface area (Å²) in [4.78, 5) is 2.53. The van der Waals surface area contributed by atoms with Gasteiger partial charge in [-0.3, -0.25) is 4.90 Å². The Labute approximate surface area is 96.3 Å². The predicted molar refractivity (Wildman–Crippen MR) is 62.7 cm³/mol. The van der Waals surface area contributed by atoms with Crippen molar-refractivity contribution < 1.29 is 4.39 Å². The number of hydrogen-bond donors (Lipinski definition) is 0. The second kappa shape index (κ2) is 3.56. The largest absolute Gasteiger partial charge is 0.294 e. The highest BCUT2D eigenvalue weighted by molar-refractivity contribution is 5.28. The van der Waals surface area contributed by atoms with E-state index in [1.165, 1.54) is 37.7 Å². The molecule has 0 saturated carbocycles. The Kier molecular flexibility index (Phi) is 2.28. The smallest absolute Gasteiger partial charge is 0.123 e. The third-order valence-corrected chi connectivity index (χ3v) is 4.62. The molecule has 2 aliphatic heterocycles. The minimum atomic E-state index is -0.131. The van der Waals surface area contributed by atoms with Crippen LogP contribution in [0.1, 0.15) is 37.7 Å². The van der Waals surface area contributed by atoms with Crippen LogP contribution >= 0.6 is 0 Å². The molecule has 1 aromatic rings. The molecule has 2 heterocycles. The van der Waals surface area contributed by atoms with Crippen LogP contribution in [-0.4, -0.2) is 18.0 Å². The molecule has 2 fully saturated rings. The van der Waals surface area contributed by atoms with Crippen molar-refractivity contribution in [1.29, 1.82) is 0 Å². The van der Waals surface area contributed by atoms with Crippen molar-refractivity contribution in [2.75, 3.05) is 7.05 Å². The Bertz CT molecular complexity index is 382. The van der Waals surface area contributed by atoms with Gasteiger partial charge in [0, 0.05) is 11.6 Å². The third kappa shape index (κ3) is 1.32. The monoisotopic (exact) mass is 219 g/mol. The predicted octanol–water partition coefficient (Wildman–Crippen LogP) is 3.30. The summed E-state index contributed by atoms with van der Waals surface area (Å²) in [5, 5.41) is 0. The Balaban J connectivity index is 2.01. The van der Waals surface area contributed by atoms with Crippen molar-refractivity contribution in [3.05, 3.63) is 35.6 Å². The van der Waals surface area contributed by atoms with Crippen LogP contribution in [0.15, 0.2) is 24.3 Å². The lowest BCUT2D eigenvalue weighted by atomic mass is 9.82. The van der Waals surface area contributed by atoms with Gasteiger partial charge in [0.1, 0.15) is 5.82 Å². The molecule has 0 unspecified atom stereocenters. The van der Waals surface area contributed by atoms with E-state index in [1.807, 2.05) is 12.1 Å². The summed E-state index contributed by atoms with van der Waals surface area (Å²) in [6.45, 7) is 0. The van der Waals surface area contributed by atoms with Gasteiger partial charge in [0.15, 0.2) is 0 Å². The van der Waals surface area contributed by atoms with Gasteiger partial charge < -0.3 is 0 Å². The molecule has 0 amide bonds. The SMILES string of the molecule is CN1[C@@H]2CCC[C@@]1(c1ccc(F)cc1)CC2. The summed E-state index contributed by atoms with van der Waals surface area (Å²) in [5.41, 5.74) is 1.51. The van der Waals surface area contributed by atoms with Crippen molar-refractivity contribution in [1.82, 2.24) is 4.90 Å². The van der Waals surface area contributed by atoms with Crippen molar-refractivity contribution in [3.63, 3.8) is 0 Å². The molecule has 2 bridgehead atoms. The topological polar surface area (TPSA) is 3.24 Å². The molecule has 1 nitrogen and oxygen atoms in total. The van der Waals surface area contributed by atoms with E-state index in [9.17, 15) is 4.39 Å². The van der Waals surface area contributed by atoms with Gasteiger partial charge >= 0.3 is 0 Å². The minimum Gasteiger partial charge on any atom is -0.294 e. The third-order valence-electron chi connectivity index (χ3n) is 4.62. The van der Waals surface area contributed by atoms with Crippen LogP contribution in [0.25, 0.3) is 0 Å². The first-order chi connectivity index (χ1) is 7.72. The molecular formula is C14H18FN. The van der Waals surface area contributed by atoms with Gasteiger partial charge in [-0.15, -0.1) is 0 Å². The Morgan fingerprint density at radius 3 is 2.69 bits per heavy atom. The Morgan fingerprint density at radius 2 is 1.94 bits per heavy atom. The highest BCUT2D eigenvalue weighted by atomic mass is 19.1. The molecule has 0 radical (unpaired) electrons. The lowest BCUT2D eigenvalue weighted by Crippen LogP contribution is -2.45. The van der Waals surface area contributed by atoms with E-state index in [0.717, 1.165) is 6.04 Å². The molecule has 0 aromatic heterocycles. The van der Waals surface area contributed by atoms with Crippen molar-refractivity contribution in [2.24, 2.45) is 0 Å². The zero-order valence-corrected chi connectivity index (χ0v) is 9.75. The van der Waals surface area contributed by atoms with Gasteiger partial charge in [0.2, 0.25) is 0 Å². The molecule has 16 heavy (non-hydrogen) atoms. The first kappa shape index (κ1) is 10.3. The van der Waals surface area contributed by atoms with E-state index in [1.54, 1.807) is 12.1 Å². The Morgan fingerprint density at radius 1 is 1.19 bits per heavy atom. The zero-order chi connectivity index (χ0) is 11.2. The Hall–Kier alpha value is -0.890. The molecule has 0 N–H and O–H groups in total. The second-order valence-electron chi connectivity index (χ2n) is 5.23. The second-order valence-corrected chi connectivity index (χ2v) is 5.23. The lowest BCUT2D eigenvalue weighted by molar-refractivity contribution is 0.0804. The van der Waals surface area contributed by atoms with Crippen molar-refractivity contribution >= 4 is 0 Å². The van der Waals surface area contributed by atoms with Gasteiger partial charge in [-0.2, -0.15) is 0 Å². The molecule has 1 aromatic carbocycles. The van der Waals surface area contributed by atoms with Crippen LogP contribution in [0, 0.1) is 5.82 Å². The quantitative estimate of drug-likeness (QED) is 0.700. The number of hydrogen-bond acceptors (Lipinski definition) is 1. The molecule has 2 heteroatoms. The first-order valence-electron chi connectivity index (χ1n) is 6.21. The summed E-state index contributed by atoms with van der Waals surface area (Å²) in [5.74, 6) is -0.131. The van der Waals surface area contributed by atoms with Gasteiger partial charge in [-0.05, 0) is 56.8 Å². The van der Waals surface area contributed by atoms with Crippen LogP contribution in [-0.2, 0) is 5.54 Å². The van der Waals surface area contributed by atoms with E-state index in [4.69, 9.17) is 0 Å². The van der Waals surface area contributed by atoms with Crippen molar-refractivity contribution in [2.45, 2.75) is 43.7 Å². The molecule has 0 spiro atoms. The van der Waals surface area contributed by atoms with E-state index < -0.39 is 0 Å². The summed E-state index contributed by atoms with van der Waals surface area (Å²) in [6, 6.07) is 7.89. The average molecular weight is 219 g/mol. The highest BCUT2D eigenvalue weighted by Gasteiger charge is 2.47. The zero-order valence-electron chi connectivity index (χ0n) is 9.75. The van der Waals surface area contributed by atoms with Crippen LogP contribution in [0.4, 0.5) is 4.39 Å². The van der Waals surface area contributed by atoms with Crippen LogP contribution in [0.2, 0.25) is 0 Å².